The number of likely N-dealkylation sites (N-methyl/N-ethyl adjacent to an activating group) is 1. The Hall–Kier alpha value is -2.92. The van der Waals surface area contributed by atoms with Gasteiger partial charge >= 0.3 is 0 Å². The van der Waals surface area contributed by atoms with Gasteiger partial charge in [-0.15, -0.1) is 0 Å². The molecule has 1 aromatic heterocycles. The summed E-state index contributed by atoms with van der Waals surface area (Å²) in [5.74, 6) is 1.46. The number of rotatable bonds is 8. The Balaban J connectivity index is 1.80. The van der Waals surface area contributed by atoms with E-state index in [1.807, 2.05) is 24.3 Å². The van der Waals surface area contributed by atoms with E-state index >= 15 is 0 Å². The molecule has 3 aromatic rings. The maximum atomic E-state index is 4.69. The summed E-state index contributed by atoms with van der Waals surface area (Å²) in [7, 11) is 4.11. The topological polar surface area (TPSA) is 53.1 Å². The summed E-state index contributed by atoms with van der Waals surface area (Å²) in [6.45, 7) is 4.55. The molecule has 1 heterocycles. The Morgan fingerprint density at radius 3 is 2.44 bits per heavy atom. The van der Waals surface area contributed by atoms with Crippen molar-refractivity contribution >= 4 is 11.8 Å². The molecule has 5 nitrogen and oxygen atoms in total. The third-order valence-corrected chi connectivity index (χ3v) is 4.19. The van der Waals surface area contributed by atoms with Gasteiger partial charge in [0.25, 0.3) is 0 Å². The van der Waals surface area contributed by atoms with E-state index in [-0.39, 0.29) is 0 Å². The normalized spacial score (nSPS) is 10.8. The van der Waals surface area contributed by atoms with E-state index in [0.29, 0.717) is 5.95 Å². The summed E-state index contributed by atoms with van der Waals surface area (Å²) in [6.07, 6.45) is 0. The molecule has 0 saturated carbocycles. The molecule has 27 heavy (non-hydrogen) atoms. The first-order valence-electron chi connectivity index (χ1n) is 9.23. The molecule has 0 radical (unpaired) electrons. The van der Waals surface area contributed by atoms with Crippen molar-refractivity contribution in [1.29, 1.82) is 0 Å². The molecule has 2 N–H and O–H groups in total. The van der Waals surface area contributed by atoms with Crippen LogP contribution in [0, 0.1) is 6.92 Å². The van der Waals surface area contributed by atoms with Gasteiger partial charge in [-0.1, -0.05) is 60.2 Å². The highest BCUT2D eigenvalue weighted by atomic mass is 15.2. The van der Waals surface area contributed by atoms with Crippen LogP contribution in [-0.4, -0.2) is 42.1 Å². The van der Waals surface area contributed by atoms with Gasteiger partial charge in [0.2, 0.25) is 5.95 Å². The van der Waals surface area contributed by atoms with E-state index in [4.69, 9.17) is 0 Å². The molecule has 0 bridgehead atoms. The van der Waals surface area contributed by atoms with E-state index in [1.165, 1.54) is 11.1 Å². The number of nitrogens with zero attached hydrogens (tertiary/aromatic N) is 3. The molecule has 0 spiro atoms. The first-order chi connectivity index (χ1) is 13.1. The van der Waals surface area contributed by atoms with Crippen molar-refractivity contribution in [2.24, 2.45) is 0 Å². The molecular weight excluding hydrogens is 334 g/mol. The fourth-order valence-electron chi connectivity index (χ4n) is 2.78. The van der Waals surface area contributed by atoms with Crippen molar-refractivity contribution in [1.82, 2.24) is 14.9 Å². The molecule has 0 aliphatic heterocycles. The van der Waals surface area contributed by atoms with Crippen molar-refractivity contribution in [3.05, 3.63) is 71.8 Å². The zero-order valence-electron chi connectivity index (χ0n) is 16.2. The summed E-state index contributed by atoms with van der Waals surface area (Å²) in [4.78, 5) is 11.5. The van der Waals surface area contributed by atoms with Gasteiger partial charge in [-0.2, -0.15) is 4.98 Å². The van der Waals surface area contributed by atoms with Gasteiger partial charge < -0.3 is 15.5 Å². The predicted octanol–water partition coefficient (Wildman–Crippen LogP) is 4.04. The van der Waals surface area contributed by atoms with Crippen LogP contribution in [0.3, 0.4) is 0 Å². The Morgan fingerprint density at radius 1 is 0.889 bits per heavy atom. The van der Waals surface area contributed by atoms with Crippen molar-refractivity contribution in [3.8, 4) is 11.3 Å². The zero-order chi connectivity index (χ0) is 19.1. The van der Waals surface area contributed by atoms with Crippen LogP contribution in [0.1, 0.15) is 11.1 Å². The molecule has 5 heteroatoms. The van der Waals surface area contributed by atoms with E-state index in [1.54, 1.807) is 0 Å². The highest BCUT2D eigenvalue weighted by Crippen LogP contribution is 2.21. The molecule has 0 atom stereocenters. The molecule has 140 valence electrons. The quantitative estimate of drug-likeness (QED) is 0.634. The second-order valence-corrected chi connectivity index (χ2v) is 6.90. The monoisotopic (exact) mass is 361 g/mol. The summed E-state index contributed by atoms with van der Waals surface area (Å²) < 4.78 is 0. The summed E-state index contributed by atoms with van der Waals surface area (Å²) in [5.41, 5.74) is 4.48. The molecule has 0 fully saturated rings. The maximum Gasteiger partial charge on any atom is 0.225 e. The number of aromatic nitrogens is 2. The van der Waals surface area contributed by atoms with Crippen LogP contribution in [-0.2, 0) is 6.54 Å². The van der Waals surface area contributed by atoms with Crippen LogP contribution in [0.5, 0.6) is 0 Å². The molecule has 0 unspecified atom stereocenters. The van der Waals surface area contributed by atoms with Gasteiger partial charge in [-0.25, -0.2) is 4.98 Å². The third kappa shape index (κ3) is 5.79. The first kappa shape index (κ1) is 18.9. The standard InChI is InChI=1S/C22H27N5/c1-17-8-7-9-18(14-17)16-24-21-15-20(19-10-5-4-6-11-19)25-22(26-21)23-12-13-27(2)3/h4-11,14-15H,12-13,16H2,1-3H3,(H2,23,24,25,26). The van der Waals surface area contributed by atoms with Gasteiger partial charge in [0.15, 0.2) is 0 Å². The Bertz CT molecular complexity index is 862. The minimum absolute atomic E-state index is 0.643. The Kier molecular flexibility index (Phi) is 6.39. The predicted molar refractivity (Wildman–Crippen MR) is 113 cm³/mol. The minimum Gasteiger partial charge on any atom is -0.366 e. The first-order valence-corrected chi connectivity index (χ1v) is 9.23. The lowest BCUT2D eigenvalue weighted by Crippen LogP contribution is -2.21. The van der Waals surface area contributed by atoms with E-state index in [0.717, 1.165) is 36.7 Å². The fraction of sp³-hybridized carbons (Fsp3) is 0.273. The number of aryl methyl sites for hydroxylation is 1. The van der Waals surface area contributed by atoms with Gasteiger partial charge in [0, 0.05) is 31.3 Å². The highest BCUT2D eigenvalue weighted by Gasteiger charge is 2.07. The van der Waals surface area contributed by atoms with Crippen molar-refractivity contribution in [2.45, 2.75) is 13.5 Å². The van der Waals surface area contributed by atoms with Crippen LogP contribution in [0.2, 0.25) is 0 Å². The Morgan fingerprint density at radius 2 is 1.70 bits per heavy atom. The highest BCUT2D eigenvalue weighted by molar-refractivity contribution is 5.64. The third-order valence-electron chi connectivity index (χ3n) is 4.19. The van der Waals surface area contributed by atoms with Crippen molar-refractivity contribution in [3.63, 3.8) is 0 Å². The van der Waals surface area contributed by atoms with Crippen LogP contribution >= 0.6 is 0 Å². The zero-order valence-corrected chi connectivity index (χ0v) is 16.2. The van der Waals surface area contributed by atoms with Gasteiger partial charge in [0.1, 0.15) is 5.82 Å². The molecule has 3 rings (SSSR count). The van der Waals surface area contributed by atoms with E-state index in [9.17, 15) is 0 Å². The van der Waals surface area contributed by atoms with Crippen LogP contribution < -0.4 is 10.6 Å². The van der Waals surface area contributed by atoms with Crippen LogP contribution in [0.4, 0.5) is 11.8 Å². The average Bonchev–Trinajstić information content (AvgIpc) is 2.67. The van der Waals surface area contributed by atoms with Crippen molar-refractivity contribution < 1.29 is 0 Å². The number of benzene rings is 2. The number of anilines is 2. The van der Waals surface area contributed by atoms with Crippen LogP contribution in [0.25, 0.3) is 11.3 Å². The lowest BCUT2D eigenvalue weighted by Gasteiger charge is -2.13. The second-order valence-electron chi connectivity index (χ2n) is 6.90. The number of hydrogen-bond donors (Lipinski definition) is 2. The molecule has 2 aromatic carbocycles. The van der Waals surface area contributed by atoms with Crippen molar-refractivity contribution in [2.75, 3.05) is 37.8 Å². The maximum absolute atomic E-state index is 4.69. The lowest BCUT2D eigenvalue weighted by molar-refractivity contribution is 0.425. The summed E-state index contributed by atoms with van der Waals surface area (Å²) in [6, 6.07) is 20.7. The second kappa shape index (κ2) is 9.14. The van der Waals surface area contributed by atoms with E-state index < -0.39 is 0 Å². The summed E-state index contributed by atoms with van der Waals surface area (Å²) >= 11 is 0. The number of hydrogen-bond acceptors (Lipinski definition) is 5. The number of nitrogens with one attached hydrogen (secondary N) is 2. The summed E-state index contributed by atoms with van der Waals surface area (Å²) in [5, 5.41) is 6.77. The molecular formula is C22H27N5. The van der Waals surface area contributed by atoms with E-state index in [2.05, 4.69) is 82.9 Å². The minimum atomic E-state index is 0.643. The fourth-order valence-corrected chi connectivity index (χ4v) is 2.78. The smallest absolute Gasteiger partial charge is 0.225 e. The molecule has 0 amide bonds. The molecule has 0 aliphatic carbocycles. The van der Waals surface area contributed by atoms with Gasteiger partial charge in [-0.05, 0) is 26.6 Å². The SMILES string of the molecule is Cc1cccc(CNc2cc(-c3ccccc3)nc(NCCN(C)C)n2)c1. The van der Waals surface area contributed by atoms with Gasteiger partial charge in [0.05, 0.1) is 5.69 Å². The van der Waals surface area contributed by atoms with Crippen LogP contribution in [0.15, 0.2) is 60.7 Å². The average molecular weight is 361 g/mol. The Labute approximate surface area is 161 Å². The lowest BCUT2D eigenvalue weighted by atomic mass is 10.1. The van der Waals surface area contributed by atoms with Gasteiger partial charge in [-0.3, -0.25) is 0 Å². The largest absolute Gasteiger partial charge is 0.366 e. The molecule has 0 saturated heterocycles. The molecule has 0 aliphatic rings.